The van der Waals surface area contributed by atoms with Crippen LogP contribution in [0.5, 0.6) is 0 Å². The third kappa shape index (κ3) is 2.96. The van der Waals surface area contributed by atoms with Crippen LogP contribution in [-0.4, -0.2) is 19.6 Å². The molecule has 19 heavy (non-hydrogen) atoms. The smallest absolute Gasteiger partial charge is 0.287 e. The summed E-state index contributed by atoms with van der Waals surface area (Å²) < 4.78 is 10.8. The number of rotatable bonds is 5. The molecule has 1 heterocycles. The standard InChI is InChI=1S/C15H19NO3/c1-10(2)8-16-15(17)14-12(9-18-3)11-6-4-5-7-13(11)19-14/h4-7,10H,8-9H2,1-3H3,(H,16,17). The fourth-order valence-corrected chi connectivity index (χ4v) is 1.95. The predicted molar refractivity (Wildman–Crippen MR) is 74.1 cm³/mol. The van der Waals surface area contributed by atoms with Crippen molar-refractivity contribution in [3.8, 4) is 0 Å². The Morgan fingerprint density at radius 3 is 2.79 bits per heavy atom. The highest BCUT2D eigenvalue weighted by molar-refractivity contribution is 5.99. The van der Waals surface area contributed by atoms with E-state index in [9.17, 15) is 4.79 Å². The van der Waals surface area contributed by atoms with Crippen molar-refractivity contribution in [2.24, 2.45) is 5.92 Å². The number of benzene rings is 1. The highest BCUT2D eigenvalue weighted by Crippen LogP contribution is 2.26. The molecule has 0 saturated heterocycles. The van der Waals surface area contributed by atoms with Crippen molar-refractivity contribution >= 4 is 16.9 Å². The van der Waals surface area contributed by atoms with Crippen LogP contribution < -0.4 is 5.32 Å². The van der Waals surface area contributed by atoms with Gasteiger partial charge in [-0.2, -0.15) is 0 Å². The Balaban J connectivity index is 2.35. The molecule has 0 spiro atoms. The molecule has 2 rings (SSSR count). The molecule has 1 amide bonds. The van der Waals surface area contributed by atoms with Crippen LogP contribution in [0.25, 0.3) is 11.0 Å². The lowest BCUT2D eigenvalue weighted by molar-refractivity contribution is 0.0917. The zero-order valence-electron chi connectivity index (χ0n) is 11.5. The molecule has 1 N–H and O–H groups in total. The maximum atomic E-state index is 12.2. The van der Waals surface area contributed by atoms with Gasteiger partial charge in [-0.3, -0.25) is 4.79 Å². The Labute approximate surface area is 112 Å². The lowest BCUT2D eigenvalue weighted by Gasteiger charge is -2.07. The van der Waals surface area contributed by atoms with Crippen LogP contribution in [0.15, 0.2) is 28.7 Å². The van der Waals surface area contributed by atoms with Crippen molar-refractivity contribution in [3.05, 3.63) is 35.6 Å². The molecule has 0 aliphatic rings. The van der Waals surface area contributed by atoms with E-state index >= 15 is 0 Å². The number of furan rings is 1. The first kappa shape index (κ1) is 13.6. The number of carbonyl (C=O) groups excluding carboxylic acids is 1. The van der Waals surface area contributed by atoms with Crippen molar-refractivity contribution in [2.45, 2.75) is 20.5 Å². The quantitative estimate of drug-likeness (QED) is 0.900. The summed E-state index contributed by atoms with van der Waals surface area (Å²) in [6, 6.07) is 7.60. The summed E-state index contributed by atoms with van der Waals surface area (Å²) in [7, 11) is 1.61. The van der Waals surface area contributed by atoms with E-state index in [4.69, 9.17) is 9.15 Å². The molecule has 0 aliphatic heterocycles. The van der Waals surface area contributed by atoms with Gasteiger partial charge in [-0.15, -0.1) is 0 Å². The van der Waals surface area contributed by atoms with Gasteiger partial charge in [0.25, 0.3) is 5.91 Å². The summed E-state index contributed by atoms with van der Waals surface area (Å²) in [6.07, 6.45) is 0. The molecule has 4 heteroatoms. The lowest BCUT2D eigenvalue weighted by Crippen LogP contribution is -2.27. The van der Waals surface area contributed by atoms with Crippen molar-refractivity contribution in [3.63, 3.8) is 0 Å². The molecule has 0 aliphatic carbocycles. The number of ether oxygens (including phenoxy) is 1. The largest absolute Gasteiger partial charge is 0.451 e. The van der Waals surface area contributed by atoms with E-state index in [-0.39, 0.29) is 5.91 Å². The van der Waals surface area contributed by atoms with Crippen molar-refractivity contribution in [2.75, 3.05) is 13.7 Å². The number of carbonyl (C=O) groups is 1. The second kappa shape index (κ2) is 5.89. The van der Waals surface area contributed by atoms with Gasteiger partial charge in [0, 0.05) is 24.6 Å². The van der Waals surface area contributed by atoms with Gasteiger partial charge >= 0.3 is 0 Å². The Morgan fingerprint density at radius 2 is 2.11 bits per heavy atom. The molecule has 0 atom stereocenters. The van der Waals surface area contributed by atoms with E-state index in [2.05, 4.69) is 19.2 Å². The average molecular weight is 261 g/mol. The number of fused-ring (bicyclic) bond motifs is 1. The zero-order chi connectivity index (χ0) is 13.8. The van der Waals surface area contributed by atoms with Crippen LogP contribution in [0, 0.1) is 5.92 Å². The van der Waals surface area contributed by atoms with Crippen molar-refractivity contribution < 1.29 is 13.9 Å². The van der Waals surface area contributed by atoms with E-state index in [1.807, 2.05) is 24.3 Å². The van der Waals surface area contributed by atoms with Crippen molar-refractivity contribution in [1.29, 1.82) is 0 Å². The second-order valence-corrected chi connectivity index (χ2v) is 4.94. The van der Waals surface area contributed by atoms with Gasteiger partial charge in [-0.25, -0.2) is 0 Å². The van der Waals surface area contributed by atoms with E-state index in [1.165, 1.54) is 0 Å². The third-order valence-electron chi connectivity index (χ3n) is 2.86. The molecule has 0 radical (unpaired) electrons. The summed E-state index contributed by atoms with van der Waals surface area (Å²) in [6.45, 7) is 5.09. The molecule has 1 aromatic carbocycles. The fourth-order valence-electron chi connectivity index (χ4n) is 1.95. The van der Waals surface area contributed by atoms with Crippen LogP contribution in [-0.2, 0) is 11.3 Å². The van der Waals surface area contributed by atoms with Crippen LogP contribution in [0.4, 0.5) is 0 Å². The Morgan fingerprint density at radius 1 is 1.37 bits per heavy atom. The lowest BCUT2D eigenvalue weighted by atomic mass is 10.1. The minimum atomic E-state index is -0.183. The minimum absolute atomic E-state index is 0.183. The van der Waals surface area contributed by atoms with E-state index in [1.54, 1.807) is 7.11 Å². The molecule has 0 saturated carbocycles. The maximum absolute atomic E-state index is 12.2. The molecular weight excluding hydrogens is 242 g/mol. The molecule has 0 bridgehead atoms. The minimum Gasteiger partial charge on any atom is -0.451 e. The van der Waals surface area contributed by atoms with Gasteiger partial charge in [0.1, 0.15) is 5.58 Å². The topological polar surface area (TPSA) is 51.5 Å². The van der Waals surface area contributed by atoms with Gasteiger partial charge in [-0.1, -0.05) is 32.0 Å². The highest BCUT2D eigenvalue weighted by Gasteiger charge is 2.20. The van der Waals surface area contributed by atoms with Crippen molar-refractivity contribution in [1.82, 2.24) is 5.32 Å². The number of para-hydroxylation sites is 1. The first-order chi connectivity index (χ1) is 9.13. The van der Waals surface area contributed by atoms with Gasteiger partial charge in [0.05, 0.1) is 6.61 Å². The molecule has 0 fully saturated rings. The van der Waals surface area contributed by atoms with Gasteiger partial charge in [0.15, 0.2) is 5.76 Å². The third-order valence-corrected chi connectivity index (χ3v) is 2.86. The summed E-state index contributed by atoms with van der Waals surface area (Å²) in [4.78, 5) is 12.2. The molecule has 1 aromatic heterocycles. The number of hydrogen-bond acceptors (Lipinski definition) is 3. The van der Waals surface area contributed by atoms with E-state index in [0.717, 1.165) is 10.9 Å². The number of nitrogens with one attached hydrogen (secondary N) is 1. The highest BCUT2D eigenvalue weighted by atomic mass is 16.5. The summed E-state index contributed by atoms with van der Waals surface area (Å²) >= 11 is 0. The van der Waals surface area contributed by atoms with Crippen LogP contribution >= 0.6 is 0 Å². The van der Waals surface area contributed by atoms with Gasteiger partial charge in [0.2, 0.25) is 0 Å². The average Bonchev–Trinajstić information content (AvgIpc) is 2.76. The number of methoxy groups -OCH3 is 1. The summed E-state index contributed by atoms with van der Waals surface area (Å²) in [5.41, 5.74) is 1.52. The van der Waals surface area contributed by atoms with Gasteiger partial charge < -0.3 is 14.5 Å². The summed E-state index contributed by atoms with van der Waals surface area (Å²) in [5.74, 6) is 0.569. The molecule has 4 nitrogen and oxygen atoms in total. The predicted octanol–water partition coefficient (Wildman–Crippen LogP) is 2.97. The van der Waals surface area contributed by atoms with E-state index in [0.29, 0.717) is 30.4 Å². The fraction of sp³-hybridized carbons (Fsp3) is 0.400. The Bertz CT molecular complexity index is 572. The Kier molecular flexibility index (Phi) is 4.22. The first-order valence-electron chi connectivity index (χ1n) is 6.41. The first-order valence-corrected chi connectivity index (χ1v) is 6.41. The van der Waals surface area contributed by atoms with E-state index < -0.39 is 0 Å². The summed E-state index contributed by atoms with van der Waals surface area (Å²) in [5, 5.41) is 3.80. The Hall–Kier alpha value is -1.81. The van der Waals surface area contributed by atoms with Crippen LogP contribution in [0.1, 0.15) is 30.0 Å². The molecule has 102 valence electrons. The zero-order valence-corrected chi connectivity index (χ0v) is 11.5. The maximum Gasteiger partial charge on any atom is 0.287 e. The van der Waals surface area contributed by atoms with Crippen LogP contribution in [0.2, 0.25) is 0 Å². The van der Waals surface area contributed by atoms with Crippen LogP contribution in [0.3, 0.4) is 0 Å². The monoisotopic (exact) mass is 261 g/mol. The van der Waals surface area contributed by atoms with Gasteiger partial charge in [-0.05, 0) is 12.0 Å². The molecule has 2 aromatic rings. The molecular formula is C15H19NO3. The number of amides is 1. The second-order valence-electron chi connectivity index (χ2n) is 4.94. The normalized spacial score (nSPS) is 11.2. The SMILES string of the molecule is COCc1c(C(=O)NCC(C)C)oc2ccccc12. The number of hydrogen-bond donors (Lipinski definition) is 1. The molecule has 0 unspecified atom stereocenters.